The highest BCUT2D eigenvalue weighted by Crippen LogP contribution is 2.20. The van der Waals surface area contributed by atoms with E-state index in [0.29, 0.717) is 11.4 Å². The van der Waals surface area contributed by atoms with Crippen molar-refractivity contribution < 1.29 is 4.79 Å². The summed E-state index contributed by atoms with van der Waals surface area (Å²) in [5.74, 6) is 7.82. The van der Waals surface area contributed by atoms with Gasteiger partial charge >= 0.3 is 0 Å². The number of nitrogens with one attached hydrogen (secondary N) is 2. The molecule has 1 aromatic heterocycles. The third-order valence-electron chi connectivity index (χ3n) is 2.79. The first kappa shape index (κ1) is 13.6. The molecule has 1 fully saturated rings. The molecular weight excluding hydrogens is 316 g/mol. The molecule has 5 nitrogen and oxygen atoms in total. The summed E-state index contributed by atoms with van der Waals surface area (Å²) in [5, 5.41) is 3.03. The van der Waals surface area contributed by atoms with Crippen molar-refractivity contribution in [2.75, 3.05) is 16.9 Å². The van der Waals surface area contributed by atoms with Crippen LogP contribution in [0.2, 0.25) is 0 Å². The summed E-state index contributed by atoms with van der Waals surface area (Å²) in [6, 6.07) is 1.97. The highest BCUT2D eigenvalue weighted by atomic mass is 79.9. The Morgan fingerprint density at radius 3 is 2.89 bits per heavy atom. The first-order valence-electron chi connectivity index (χ1n) is 5.71. The van der Waals surface area contributed by atoms with Crippen molar-refractivity contribution in [1.29, 1.82) is 0 Å². The van der Waals surface area contributed by atoms with Gasteiger partial charge in [0.15, 0.2) is 5.82 Å². The zero-order valence-electron chi connectivity index (χ0n) is 9.78. The monoisotopic (exact) mass is 330 g/mol. The van der Waals surface area contributed by atoms with Crippen molar-refractivity contribution in [2.24, 2.45) is 5.84 Å². The largest absolute Gasteiger partial charge is 0.349 e. The Morgan fingerprint density at radius 1 is 1.50 bits per heavy atom. The minimum atomic E-state index is -0.131. The standard InChI is InChI=1S/C11H15BrN4OS/c12-7-5-9(10(16-13)14-6-7)11(17)15-8-1-3-18-4-2-8/h5-6,8H,1-4,13H2,(H,14,16)(H,15,17). The van der Waals surface area contributed by atoms with Crippen LogP contribution in [-0.4, -0.2) is 28.4 Å². The second kappa shape index (κ2) is 6.40. The molecule has 0 aliphatic carbocycles. The van der Waals surface area contributed by atoms with Crippen molar-refractivity contribution in [2.45, 2.75) is 18.9 Å². The molecule has 0 aromatic carbocycles. The maximum atomic E-state index is 12.2. The lowest BCUT2D eigenvalue weighted by molar-refractivity contribution is 0.0935. The number of carbonyl (C=O) groups excluding carboxylic acids is 1. The summed E-state index contributed by atoms with van der Waals surface area (Å²) < 4.78 is 0.755. The van der Waals surface area contributed by atoms with Gasteiger partial charge in [0.2, 0.25) is 0 Å². The highest BCUT2D eigenvalue weighted by Gasteiger charge is 2.19. The smallest absolute Gasteiger partial charge is 0.255 e. The van der Waals surface area contributed by atoms with E-state index in [1.807, 2.05) is 11.8 Å². The zero-order chi connectivity index (χ0) is 13.0. The van der Waals surface area contributed by atoms with Crippen LogP contribution in [0.25, 0.3) is 0 Å². The van der Waals surface area contributed by atoms with Gasteiger partial charge in [-0.25, -0.2) is 10.8 Å². The molecule has 1 aliphatic rings. The zero-order valence-corrected chi connectivity index (χ0v) is 12.2. The second-order valence-electron chi connectivity index (χ2n) is 4.05. The van der Waals surface area contributed by atoms with Crippen LogP contribution in [0.15, 0.2) is 16.7 Å². The van der Waals surface area contributed by atoms with Crippen LogP contribution in [0.1, 0.15) is 23.2 Å². The number of halogens is 1. The second-order valence-corrected chi connectivity index (χ2v) is 6.19. The number of nitrogens with two attached hydrogens (primary N) is 1. The fourth-order valence-corrected chi connectivity index (χ4v) is 3.27. The van der Waals surface area contributed by atoms with E-state index < -0.39 is 0 Å². The average Bonchev–Trinajstić information content (AvgIpc) is 2.40. The molecule has 18 heavy (non-hydrogen) atoms. The molecule has 2 rings (SSSR count). The number of aromatic nitrogens is 1. The summed E-state index contributed by atoms with van der Waals surface area (Å²) in [7, 11) is 0. The number of anilines is 1. The van der Waals surface area contributed by atoms with Crippen molar-refractivity contribution in [1.82, 2.24) is 10.3 Å². The number of rotatable bonds is 3. The summed E-state index contributed by atoms with van der Waals surface area (Å²) >= 11 is 5.23. The van der Waals surface area contributed by atoms with E-state index >= 15 is 0 Å². The number of nitrogens with zero attached hydrogens (tertiary/aromatic N) is 1. The minimum Gasteiger partial charge on any atom is -0.349 e. The number of thioether (sulfide) groups is 1. The highest BCUT2D eigenvalue weighted by molar-refractivity contribution is 9.10. The number of carbonyl (C=O) groups is 1. The van der Waals surface area contributed by atoms with Crippen LogP contribution in [0.4, 0.5) is 5.82 Å². The van der Waals surface area contributed by atoms with Gasteiger partial charge in [0.25, 0.3) is 5.91 Å². The molecule has 4 N–H and O–H groups in total. The van der Waals surface area contributed by atoms with Crippen molar-refractivity contribution in [3.8, 4) is 0 Å². The van der Waals surface area contributed by atoms with Crippen LogP contribution in [0.3, 0.4) is 0 Å². The molecule has 0 atom stereocenters. The fraction of sp³-hybridized carbons (Fsp3) is 0.455. The molecule has 7 heteroatoms. The Kier molecular flexibility index (Phi) is 4.85. The van der Waals surface area contributed by atoms with Crippen molar-refractivity contribution in [3.63, 3.8) is 0 Å². The number of amides is 1. The fourth-order valence-electron chi connectivity index (χ4n) is 1.83. The van der Waals surface area contributed by atoms with Gasteiger partial charge in [-0.15, -0.1) is 0 Å². The van der Waals surface area contributed by atoms with Crippen LogP contribution in [0.5, 0.6) is 0 Å². The normalized spacial score (nSPS) is 16.3. The van der Waals surface area contributed by atoms with E-state index in [-0.39, 0.29) is 11.9 Å². The molecule has 0 radical (unpaired) electrons. The number of hydrogen-bond donors (Lipinski definition) is 3. The van der Waals surface area contributed by atoms with Crippen LogP contribution < -0.4 is 16.6 Å². The van der Waals surface area contributed by atoms with Gasteiger partial charge in [0, 0.05) is 16.7 Å². The molecule has 98 valence electrons. The average molecular weight is 331 g/mol. The maximum Gasteiger partial charge on any atom is 0.255 e. The predicted molar refractivity (Wildman–Crippen MR) is 77.6 cm³/mol. The first-order chi connectivity index (χ1) is 8.70. The van der Waals surface area contributed by atoms with Gasteiger partial charge in [-0.05, 0) is 46.3 Å². The Balaban J connectivity index is 2.09. The summed E-state index contributed by atoms with van der Waals surface area (Å²) in [6.45, 7) is 0. The Morgan fingerprint density at radius 2 is 2.22 bits per heavy atom. The van der Waals surface area contributed by atoms with E-state index in [1.165, 1.54) is 0 Å². The van der Waals surface area contributed by atoms with Gasteiger partial charge in [-0.1, -0.05) is 0 Å². The molecule has 0 spiro atoms. The minimum absolute atomic E-state index is 0.131. The molecule has 0 bridgehead atoms. The number of pyridine rings is 1. The lowest BCUT2D eigenvalue weighted by Crippen LogP contribution is -2.37. The summed E-state index contributed by atoms with van der Waals surface area (Å²) in [4.78, 5) is 16.2. The maximum absolute atomic E-state index is 12.2. The van der Waals surface area contributed by atoms with Gasteiger partial charge in [0.05, 0.1) is 5.56 Å². The van der Waals surface area contributed by atoms with Crippen LogP contribution >= 0.6 is 27.7 Å². The van der Waals surface area contributed by atoms with E-state index in [0.717, 1.165) is 28.8 Å². The Labute approximate surface area is 118 Å². The van der Waals surface area contributed by atoms with Crippen LogP contribution in [-0.2, 0) is 0 Å². The van der Waals surface area contributed by atoms with E-state index in [9.17, 15) is 4.79 Å². The van der Waals surface area contributed by atoms with E-state index in [4.69, 9.17) is 5.84 Å². The van der Waals surface area contributed by atoms with E-state index in [2.05, 4.69) is 31.7 Å². The van der Waals surface area contributed by atoms with E-state index in [1.54, 1.807) is 12.3 Å². The van der Waals surface area contributed by atoms with Crippen molar-refractivity contribution in [3.05, 3.63) is 22.3 Å². The molecule has 1 aromatic rings. The Bertz CT molecular complexity index is 437. The third-order valence-corrected chi connectivity index (χ3v) is 4.27. The molecule has 0 saturated carbocycles. The number of hydrazine groups is 1. The molecule has 1 amide bonds. The van der Waals surface area contributed by atoms with Crippen molar-refractivity contribution >= 4 is 39.4 Å². The molecule has 1 saturated heterocycles. The quantitative estimate of drug-likeness (QED) is 0.581. The van der Waals surface area contributed by atoms with Gasteiger partial charge < -0.3 is 10.7 Å². The molecular formula is C11H15BrN4OS. The van der Waals surface area contributed by atoms with Gasteiger partial charge in [0.1, 0.15) is 0 Å². The lowest BCUT2D eigenvalue weighted by atomic mass is 10.1. The molecule has 0 unspecified atom stereocenters. The van der Waals surface area contributed by atoms with Crippen LogP contribution in [0, 0.1) is 0 Å². The first-order valence-corrected chi connectivity index (χ1v) is 7.66. The lowest BCUT2D eigenvalue weighted by Gasteiger charge is -2.22. The predicted octanol–water partition coefficient (Wildman–Crippen LogP) is 1.76. The SMILES string of the molecule is NNc1ncc(Br)cc1C(=O)NC1CCSCC1. The summed E-state index contributed by atoms with van der Waals surface area (Å²) in [6.07, 6.45) is 3.63. The molecule has 2 heterocycles. The third kappa shape index (κ3) is 3.37. The van der Waals surface area contributed by atoms with Gasteiger partial charge in [-0.3, -0.25) is 4.79 Å². The molecule has 1 aliphatic heterocycles. The summed E-state index contributed by atoms with van der Waals surface area (Å²) in [5.41, 5.74) is 2.91. The number of hydrogen-bond acceptors (Lipinski definition) is 5. The number of nitrogen functional groups attached to an aromatic ring is 1. The topological polar surface area (TPSA) is 80.0 Å². The Hall–Kier alpha value is -0.790. The van der Waals surface area contributed by atoms with Gasteiger partial charge in [-0.2, -0.15) is 11.8 Å².